The third kappa shape index (κ3) is 3.81. The van der Waals surface area contributed by atoms with Crippen LogP contribution in [0.3, 0.4) is 0 Å². The molecule has 0 radical (unpaired) electrons. The van der Waals surface area contributed by atoms with E-state index in [1.54, 1.807) is 24.3 Å². The molecule has 0 aliphatic rings. The first-order valence-corrected chi connectivity index (χ1v) is 5.77. The van der Waals surface area contributed by atoms with Gasteiger partial charge in [0, 0.05) is 18.2 Å². The molecule has 0 aliphatic carbocycles. The lowest BCUT2D eigenvalue weighted by Gasteiger charge is -1.98. The van der Waals surface area contributed by atoms with E-state index in [0.717, 1.165) is 0 Å². The summed E-state index contributed by atoms with van der Waals surface area (Å²) in [5.74, 6) is 0.0434. The SMILES string of the molecule is O=C(/C=C\c1ccc([N+](=O)[O-])cc1)OCc1ccco1. The van der Waals surface area contributed by atoms with Crippen LogP contribution in [0.1, 0.15) is 11.3 Å². The summed E-state index contributed by atoms with van der Waals surface area (Å²) in [5.41, 5.74) is 0.674. The van der Waals surface area contributed by atoms with Gasteiger partial charge >= 0.3 is 5.97 Å². The van der Waals surface area contributed by atoms with Gasteiger partial charge in [0.25, 0.3) is 5.69 Å². The normalized spacial score (nSPS) is 10.6. The van der Waals surface area contributed by atoms with Crippen LogP contribution in [0.5, 0.6) is 0 Å². The van der Waals surface area contributed by atoms with E-state index < -0.39 is 10.9 Å². The zero-order valence-corrected chi connectivity index (χ0v) is 10.4. The summed E-state index contributed by atoms with van der Waals surface area (Å²) >= 11 is 0. The van der Waals surface area contributed by atoms with Crippen LogP contribution in [0.25, 0.3) is 6.08 Å². The van der Waals surface area contributed by atoms with Crippen molar-refractivity contribution in [2.24, 2.45) is 0 Å². The molecule has 0 atom stereocenters. The number of carbonyl (C=O) groups excluding carboxylic acids is 1. The molecule has 102 valence electrons. The van der Waals surface area contributed by atoms with Gasteiger partial charge in [0.2, 0.25) is 0 Å². The van der Waals surface area contributed by atoms with Gasteiger partial charge in [-0.05, 0) is 35.9 Å². The van der Waals surface area contributed by atoms with Crippen LogP contribution in [0, 0.1) is 10.1 Å². The Balaban J connectivity index is 1.88. The predicted molar refractivity (Wildman–Crippen MR) is 70.6 cm³/mol. The molecule has 0 N–H and O–H groups in total. The van der Waals surface area contributed by atoms with Crippen molar-refractivity contribution in [3.8, 4) is 0 Å². The number of nitro benzene ring substituents is 1. The quantitative estimate of drug-likeness (QED) is 0.362. The number of carbonyl (C=O) groups is 1. The van der Waals surface area contributed by atoms with Crippen LogP contribution in [0.2, 0.25) is 0 Å². The number of benzene rings is 1. The molecule has 0 saturated carbocycles. The van der Waals surface area contributed by atoms with Gasteiger partial charge in [-0.1, -0.05) is 0 Å². The lowest BCUT2D eigenvalue weighted by Crippen LogP contribution is -1.99. The van der Waals surface area contributed by atoms with Gasteiger partial charge in [0.05, 0.1) is 11.2 Å². The predicted octanol–water partition coefficient (Wildman–Crippen LogP) is 2.94. The van der Waals surface area contributed by atoms with Gasteiger partial charge < -0.3 is 9.15 Å². The van der Waals surface area contributed by atoms with E-state index in [4.69, 9.17) is 9.15 Å². The molecule has 1 heterocycles. The minimum absolute atomic E-state index is 0.00236. The summed E-state index contributed by atoms with van der Waals surface area (Å²) in [5, 5.41) is 10.5. The average molecular weight is 273 g/mol. The fourth-order valence-corrected chi connectivity index (χ4v) is 1.46. The minimum Gasteiger partial charge on any atom is -0.466 e. The number of non-ortho nitro benzene ring substituents is 1. The summed E-state index contributed by atoms with van der Waals surface area (Å²) in [6.45, 7) is 0.0659. The summed E-state index contributed by atoms with van der Waals surface area (Å²) in [6.07, 6.45) is 4.27. The number of rotatable bonds is 5. The Morgan fingerprint density at radius 2 is 2.05 bits per heavy atom. The van der Waals surface area contributed by atoms with Crippen molar-refractivity contribution >= 4 is 17.7 Å². The molecule has 0 spiro atoms. The van der Waals surface area contributed by atoms with E-state index >= 15 is 0 Å². The summed E-state index contributed by atoms with van der Waals surface area (Å²) < 4.78 is 9.96. The number of hydrogen-bond acceptors (Lipinski definition) is 5. The lowest BCUT2D eigenvalue weighted by atomic mass is 10.2. The van der Waals surface area contributed by atoms with Crippen LogP contribution in [0.4, 0.5) is 5.69 Å². The first-order valence-electron chi connectivity index (χ1n) is 5.77. The Bertz CT molecular complexity index is 614. The van der Waals surface area contributed by atoms with Crippen molar-refractivity contribution in [3.63, 3.8) is 0 Å². The highest BCUT2D eigenvalue weighted by molar-refractivity contribution is 5.87. The molecule has 0 amide bonds. The zero-order valence-electron chi connectivity index (χ0n) is 10.4. The smallest absolute Gasteiger partial charge is 0.331 e. The maximum absolute atomic E-state index is 11.4. The molecule has 1 aromatic carbocycles. The Morgan fingerprint density at radius 1 is 1.30 bits per heavy atom. The van der Waals surface area contributed by atoms with Crippen molar-refractivity contribution in [1.82, 2.24) is 0 Å². The van der Waals surface area contributed by atoms with Crippen molar-refractivity contribution in [2.45, 2.75) is 6.61 Å². The van der Waals surface area contributed by atoms with Crippen LogP contribution in [-0.2, 0) is 16.1 Å². The maximum Gasteiger partial charge on any atom is 0.331 e. The first-order chi connectivity index (χ1) is 9.65. The number of esters is 1. The lowest BCUT2D eigenvalue weighted by molar-refractivity contribution is -0.384. The molecule has 6 nitrogen and oxygen atoms in total. The summed E-state index contributed by atoms with van der Waals surface area (Å²) in [6, 6.07) is 9.24. The molecular formula is C14H11NO5. The van der Waals surface area contributed by atoms with E-state index in [9.17, 15) is 14.9 Å². The van der Waals surface area contributed by atoms with Crippen molar-refractivity contribution in [3.05, 3.63) is 70.2 Å². The monoisotopic (exact) mass is 273 g/mol. The fraction of sp³-hybridized carbons (Fsp3) is 0.0714. The number of hydrogen-bond donors (Lipinski definition) is 0. The first kappa shape index (κ1) is 13.5. The van der Waals surface area contributed by atoms with Crippen LogP contribution < -0.4 is 0 Å². The highest BCUT2D eigenvalue weighted by Gasteiger charge is 2.03. The number of ether oxygens (including phenoxy) is 1. The largest absolute Gasteiger partial charge is 0.466 e. The topological polar surface area (TPSA) is 82.6 Å². The molecule has 2 rings (SSSR count). The zero-order chi connectivity index (χ0) is 14.4. The Kier molecular flexibility index (Phi) is 4.28. The second kappa shape index (κ2) is 6.33. The van der Waals surface area contributed by atoms with Gasteiger partial charge in [0.15, 0.2) is 0 Å². The Hall–Kier alpha value is -2.89. The molecule has 20 heavy (non-hydrogen) atoms. The molecule has 0 aliphatic heterocycles. The molecule has 0 bridgehead atoms. The second-order valence-electron chi connectivity index (χ2n) is 3.87. The molecule has 2 aromatic rings. The fourth-order valence-electron chi connectivity index (χ4n) is 1.46. The van der Waals surface area contributed by atoms with Crippen molar-refractivity contribution in [1.29, 1.82) is 0 Å². The maximum atomic E-state index is 11.4. The van der Waals surface area contributed by atoms with E-state index in [1.807, 2.05) is 0 Å². The van der Waals surface area contributed by atoms with E-state index in [1.165, 1.54) is 30.5 Å². The van der Waals surface area contributed by atoms with Crippen LogP contribution in [-0.4, -0.2) is 10.9 Å². The van der Waals surface area contributed by atoms with Crippen LogP contribution in [0.15, 0.2) is 53.2 Å². The highest BCUT2D eigenvalue weighted by atomic mass is 16.6. The minimum atomic E-state index is -0.514. The second-order valence-corrected chi connectivity index (χ2v) is 3.87. The Morgan fingerprint density at radius 3 is 2.65 bits per heavy atom. The van der Waals surface area contributed by atoms with Crippen LogP contribution >= 0.6 is 0 Å². The molecular weight excluding hydrogens is 262 g/mol. The standard InChI is InChI=1S/C14H11NO5/c16-14(20-10-13-2-1-9-19-13)8-5-11-3-6-12(7-4-11)15(17)18/h1-9H,10H2/b8-5-. The molecule has 0 saturated heterocycles. The van der Waals surface area contributed by atoms with E-state index in [-0.39, 0.29) is 12.3 Å². The molecule has 1 aromatic heterocycles. The van der Waals surface area contributed by atoms with Gasteiger partial charge in [-0.15, -0.1) is 0 Å². The highest BCUT2D eigenvalue weighted by Crippen LogP contribution is 2.13. The van der Waals surface area contributed by atoms with Crippen molar-refractivity contribution in [2.75, 3.05) is 0 Å². The number of nitro groups is 1. The van der Waals surface area contributed by atoms with E-state index in [0.29, 0.717) is 11.3 Å². The summed E-state index contributed by atoms with van der Waals surface area (Å²) in [7, 11) is 0. The molecule has 0 unspecified atom stereocenters. The Labute approximate surface area is 114 Å². The van der Waals surface area contributed by atoms with Gasteiger partial charge in [-0.3, -0.25) is 10.1 Å². The average Bonchev–Trinajstić information content (AvgIpc) is 2.96. The van der Waals surface area contributed by atoms with Gasteiger partial charge in [-0.25, -0.2) is 4.79 Å². The summed E-state index contributed by atoms with van der Waals surface area (Å²) in [4.78, 5) is 21.4. The molecule has 0 fully saturated rings. The molecule has 6 heteroatoms. The van der Waals surface area contributed by atoms with E-state index in [2.05, 4.69) is 0 Å². The number of nitrogens with zero attached hydrogens (tertiary/aromatic N) is 1. The van der Waals surface area contributed by atoms with Gasteiger partial charge in [0.1, 0.15) is 12.4 Å². The third-order valence-electron chi connectivity index (χ3n) is 2.45. The number of furan rings is 1. The third-order valence-corrected chi connectivity index (χ3v) is 2.45. The van der Waals surface area contributed by atoms with Crippen molar-refractivity contribution < 1.29 is 18.9 Å². The van der Waals surface area contributed by atoms with Gasteiger partial charge in [-0.2, -0.15) is 0 Å².